The Morgan fingerprint density at radius 2 is 2.16 bits per heavy atom. The van der Waals surface area contributed by atoms with Crippen molar-refractivity contribution in [2.75, 3.05) is 19.8 Å². The first-order valence-corrected chi connectivity index (χ1v) is 8.55. The van der Waals surface area contributed by atoms with Crippen LogP contribution < -0.4 is 4.72 Å². The van der Waals surface area contributed by atoms with Crippen molar-refractivity contribution in [3.05, 3.63) is 16.0 Å². The molecular weight excluding hydrogens is 310 g/mol. The van der Waals surface area contributed by atoms with E-state index in [-0.39, 0.29) is 10.8 Å². The van der Waals surface area contributed by atoms with E-state index in [9.17, 15) is 13.5 Å². The summed E-state index contributed by atoms with van der Waals surface area (Å²) >= 11 is 6.92. The topological polar surface area (TPSA) is 75.6 Å². The number of sulfonamides is 1. The molecule has 2 heterocycles. The van der Waals surface area contributed by atoms with Crippen LogP contribution in [0.15, 0.2) is 10.3 Å². The third kappa shape index (κ3) is 3.29. The minimum absolute atomic E-state index is 0.175. The highest BCUT2D eigenvalue weighted by atomic mass is 35.5. The van der Waals surface area contributed by atoms with Crippen molar-refractivity contribution in [1.82, 2.24) is 4.72 Å². The molecule has 0 aliphatic carbocycles. The van der Waals surface area contributed by atoms with Crippen molar-refractivity contribution in [2.45, 2.75) is 29.5 Å². The molecule has 5 nitrogen and oxygen atoms in total. The molecule has 2 N–H and O–H groups in total. The Bertz CT molecular complexity index is 530. The van der Waals surface area contributed by atoms with Crippen LogP contribution in [0.4, 0.5) is 0 Å². The summed E-state index contributed by atoms with van der Waals surface area (Å²) in [5.74, 6) is 0. The zero-order valence-electron chi connectivity index (χ0n) is 10.5. The van der Waals surface area contributed by atoms with Crippen LogP contribution >= 0.6 is 22.9 Å². The molecule has 1 fully saturated rings. The van der Waals surface area contributed by atoms with Gasteiger partial charge in [0.05, 0.1) is 16.5 Å². The van der Waals surface area contributed by atoms with Crippen LogP contribution in [0.5, 0.6) is 0 Å². The maximum Gasteiger partial charge on any atom is 0.250 e. The summed E-state index contributed by atoms with van der Waals surface area (Å²) in [7, 11) is -3.66. The first-order valence-electron chi connectivity index (χ1n) is 5.87. The maximum absolute atomic E-state index is 12.3. The number of aryl methyl sites for hydroxylation is 1. The summed E-state index contributed by atoms with van der Waals surface area (Å²) in [6.07, 6.45) is 0.918. The van der Waals surface area contributed by atoms with E-state index in [2.05, 4.69) is 4.72 Å². The van der Waals surface area contributed by atoms with Crippen LogP contribution in [0.3, 0.4) is 0 Å². The molecule has 0 saturated carbocycles. The molecule has 0 unspecified atom stereocenters. The summed E-state index contributed by atoms with van der Waals surface area (Å²) < 4.78 is 33.1. The molecule has 0 amide bonds. The number of nitrogens with one attached hydrogen (secondary N) is 1. The molecule has 0 radical (unpaired) electrons. The second-order valence-corrected chi connectivity index (χ2v) is 8.24. The lowest BCUT2D eigenvalue weighted by Gasteiger charge is -2.35. The van der Waals surface area contributed by atoms with E-state index in [4.69, 9.17) is 16.3 Å². The Hall–Kier alpha value is -0.180. The highest BCUT2D eigenvalue weighted by molar-refractivity contribution is 7.91. The lowest BCUT2D eigenvalue weighted by molar-refractivity contribution is 0.0223. The zero-order valence-corrected chi connectivity index (χ0v) is 12.9. The largest absolute Gasteiger partial charge is 0.394 e. The van der Waals surface area contributed by atoms with Crippen LogP contribution in [0, 0.1) is 6.92 Å². The molecule has 19 heavy (non-hydrogen) atoms. The predicted octanol–water partition coefficient (Wildman–Crippen LogP) is 1.53. The third-order valence-electron chi connectivity index (χ3n) is 3.20. The van der Waals surface area contributed by atoms with Gasteiger partial charge in [-0.05, 0) is 31.4 Å². The van der Waals surface area contributed by atoms with E-state index in [1.807, 2.05) is 0 Å². The fourth-order valence-electron chi connectivity index (χ4n) is 1.95. The van der Waals surface area contributed by atoms with Gasteiger partial charge in [0.15, 0.2) is 0 Å². The quantitative estimate of drug-likeness (QED) is 0.880. The van der Waals surface area contributed by atoms with E-state index in [0.29, 0.717) is 30.4 Å². The number of hydrogen-bond donors (Lipinski definition) is 2. The summed E-state index contributed by atoms with van der Waals surface area (Å²) in [6.45, 7) is 2.39. The first-order chi connectivity index (χ1) is 8.88. The van der Waals surface area contributed by atoms with Gasteiger partial charge in [0.1, 0.15) is 4.21 Å². The van der Waals surface area contributed by atoms with Gasteiger partial charge in [0.2, 0.25) is 0 Å². The number of aliphatic hydroxyl groups is 1. The van der Waals surface area contributed by atoms with Crippen LogP contribution in [-0.4, -0.2) is 38.9 Å². The molecule has 1 aliphatic heterocycles. The zero-order chi connectivity index (χ0) is 14.1. The van der Waals surface area contributed by atoms with Crippen LogP contribution in [0.2, 0.25) is 4.34 Å². The highest BCUT2D eigenvalue weighted by Crippen LogP contribution is 2.31. The van der Waals surface area contributed by atoms with Crippen molar-refractivity contribution in [3.8, 4) is 0 Å². The SMILES string of the molecule is Cc1cc(S(=O)(=O)NC2(CO)CCOCC2)sc1Cl. The van der Waals surface area contributed by atoms with Gasteiger partial charge in [-0.1, -0.05) is 11.6 Å². The number of thiophene rings is 1. The van der Waals surface area contributed by atoms with Gasteiger partial charge in [0.25, 0.3) is 10.0 Å². The molecular formula is C11H16ClNO4S2. The van der Waals surface area contributed by atoms with E-state index in [0.717, 1.165) is 16.9 Å². The maximum atomic E-state index is 12.3. The van der Waals surface area contributed by atoms with Gasteiger partial charge in [-0.3, -0.25) is 0 Å². The molecule has 8 heteroatoms. The predicted molar refractivity (Wildman–Crippen MR) is 74.3 cm³/mol. The fraction of sp³-hybridized carbons (Fsp3) is 0.636. The molecule has 0 spiro atoms. The molecule has 1 saturated heterocycles. The monoisotopic (exact) mass is 325 g/mol. The third-order valence-corrected chi connectivity index (χ3v) is 6.81. The number of rotatable bonds is 4. The average Bonchev–Trinajstić information content (AvgIpc) is 2.71. The number of ether oxygens (including phenoxy) is 1. The number of halogens is 1. The summed E-state index contributed by atoms with van der Waals surface area (Å²) in [5, 5.41) is 9.51. The minimum Gasteiger partial charge on any atom is -0.394 e. The number of aliphatic hydroxyl groups excluding tert-OH is 1. The van der Waals surface area contributed by atoms with Crippen molar-refractivity contribution in [2.24, 2.45) is 0 Å². The Morgan fingerprint density at radius 3 is 2.63 bits per heavy atom. The first kappa shape index (κ1) is 15.2. The van der Waals surface area contributed by atoms with Crippen LogP contribution in [-0.2, 0) is 14.8 Å². The summed E-state index contributed by atoms with van der Waals surface area (Å²) in [6, 6.07) is 1.54. The second-order valence-electron chi connectivity index (χ2n) is 4.68. The minimum atomic E-state index is -3.66. The lowest BCUT2D eigenvalue weighted by atomic mass is 9.93. The Kier molecular flexibility index (Phi) is 4.54. The molecule has 1 aromatic heterocycles. The van der Waals surface area contributed by atoms with Crippen molar-refractivity contribution in [1.29, 1.82) is 0 Å². The van der Waals surface area contributed by atoms with Gasteiger partial charge in [-0.15, -0.1) is 11.3 Å². The standard InChI is InChI=1S/C11H16ClNO4S2/c1-8-6-9(18-10(8)12)19(15,16)13-11(7-14)2-4-17-5-3-11/h6,13-14H,2-5,7H2,1H3. The van der Waals surface area contributed by atoms with Crippen molar-refractivity contribution >= 4 is 33.0 Å². The molecule has 1 aliphatic rings. The normalized spacial score (nSPS) is 19.5. The molecule has 0 atom stereocenters. The van der Waals surface area contributed by atoms with E-state index in [1.54, 1.807) is 13.0 Å². The molecule has 108 valence electrons. The summed E-state index contributed by atoms with van der Waals surface area (Å²) in [5.41, 5.74) is -0.0985. The van der Waals surface area contributed by atoms with E-state index < -0.39 is 15.6 Å². The fourth-order valence-corrected chi connectivity index (χ4v) is 5.11. The Balaban J connectivity index is 2.24. The van der Waals surface area contributed by atoms with Gasteiger partial charge in [0, 0.05) is 13.2 Å². The second kappa shape index (κ2) is 5.67. The Morgan fingerprint density at radius 1 is 1.53 bits per heavy atom. The average molecular weight is 326 g/mol. The molecule has 1 aromatic rings. The van der Waals surface area contributed by atoms with Crippen molar-refractivity contribution in [3.63, 3.8) is 0 Å². The summed E-state index contributed by atoms with van der Waals surface area (Å²) in [4.78, 5) is 0. The lowest BCUT2D eigenvalue weighted by Crippen LogP contribution is -2.54. The van der Waals surface area contributed by atoms with E-state index in [1.165, 1.54) is 0 Å². The van der Waals surface area contributed by atoms with Gasteiger partial charge < -0.3 is 9.84 Å². The van der Waals surface area contributed by atoms with E-state index >= 15 is 0 Å². The molecule has 0 bridgehead atoms. The van der Waals surface area contributed by atoms with Crippen molar-refractivity contribution < 1.29 is 18.3 Å². The Labute approximate surface area is 121 Å². The highest BCUT2D eigenvalue weighted by Gasteiger charge is 2.37. The molecule has 2 rings (SSSR count). The van der Waals surface area contributed by atoms with Gasteiger partial charge in [-0.2, -0.15) is 0 Å². The number of hydrogen-bond acceptors (Lipinski definition) is 5. The van der Waals surface area contributed by atoms with Crippen LogP contribution in [0.1, 0.15) is 18.4 Å². The van der Waals surface area contributed by atoms with Gasteiger partial charge in [-0.25, -0.2) is 13.1 Å². The smallest absolute Gasteiger partial charge is 0.250 e. The molecule has 0 aromatic carbocycles. The van der Waals surface area contributed by atoms with Gasteiger partial charge >= 0.3 is 0 Å². The van der Waals surface area contributed by atoms with Crippen LogP contribution in [0.25, 0.3) is 0 Å².